The normalized spacial score (nSPS) is 33.8. The van der Waals surface area contributed by atoms with Gasteiger partial charge in [0.1, 0.15) is 5.54 Å². The van der Waals surface area contributed by atoms with E-state index in [0.29, 0.717) is 12.8 Å². The van der Waals surface area contributed by atoms with Crippen LogP contribution in [-0.2, 0) is 0 Å². The highest BCUT2D eigenvalue weighted by Crippen LogP contribution is 2.52. The lowest BCUT2D eigenvalue weighted by Crippen LogP contribution is -2.76. The number of carbonyl (C=O) groups is 1. The van der Waals surface area contributed by atoms with Crippen LogP contribution in [0.2, 0.25) is 0 Å². The monoisotopic (exact) mass is 276 g/mol. The molecule has 0 aromatic carbocycles. The van der Waals surface area contributed by atoms with Crippen LogP contribution in [0.1, 0.15) is 40.0 Å². The number of carboxylic acid groups (broad SMARTS) is 1. The number of hydrogen-bond donors (Lipinski definition) is 2. The molecule has 0 radical (unpaired) electrons. The van der Waals surface area contributed by atoms with Crippen molar-refractivity contribution in [2.24, 2.45) is 5.92 Å². The minimum absolute atomic E-state index is 0.0278. The standard InChI is InChI=1S/C13H22F2N2O2/c1-11(2,3)17(10(18)19)12-6-4-5-9(7-16-8-12)13(12,14)15/h9,16H,4-8H2,1-3H3,(H,18,19). The van der Waals surface area contributed by atoms with Gasteiger partial charge < -0.3 is 10.4 Å². The summed E-state index contributed by atoms with van der Waals surface area (Å²) >= 11 is 0. The van der Waals surface area contributed by atoms with E-state index in [-0.39, 0.29) is 19.5 Å². The van der Waals surface area contributed by atoms with E-state index in [2.05, 4.69) is 5.32 Å². The van der Waals surface area contributed by atoms with Gasteiger partial charge in [0.25, 0.3) is 5.92 Å². The zero-order valence-electron chi connectivity index (χ0n) is 11.7. The lowest BCUT2D eigenvalue weighted by molar-refractivity contribution is -0.218. The van der Waals surface area contributed by atoms with Crippen LogP contribution in [0, 0.1) is 5.92 Å². The summed E-state index contributed by atoms with van der Waals surface area (Å²) < 4.78 is 29.5. The second kappa shape index (κ2) is 4.30. The fraction of sp³-hybridized carbons (Fsp3) is 0.923. The summed E-state index contributed by atoms with van der Waals surface area (Å²) in [6.07, 6.45) is 0.0605. The Morgan fingerprint density at radius 1 is 1.42 bits per heavy atom. The third-order valence-electron chi connectivity index (χ3n) is 4.37. The number of halogens is 2. The largest absolute Gasteiger partial charge is 0.465 e. The second-order valence-corrected chi connectivity index (χ2v) is 6.66. The van der Waals surface area contributed by atoms with E-state index >= 15 is 0 Å². The van der Waals surface area contributed by atoms with Crippen LogP contribution in [-0.4, -0.2) is 46.2 Å². The average Bonchev–Trinajstić information content (AvgIpc) is 2.16. The molecule has 1 aliphatic carbocycles. The molecule has 110 valence electrons. The molecule has 1 heterocycles. The van der Waals surface area contributed by atoms with Gasteiger partial charge in [0, 0.05) is 24.5 Å². The summed E-state index contributed by atoms with van der Waals surface area (Å²) in [6.45, 7) is 5.31. The van der Waals surface area contributed by atoms with Gasteiger partial charge in [0.05, 0.1) is 0 Å². The molecule has 2 aliphatic rings. The lowest BCUT2D eigenvalue weighted by atomic mass is 9.67. The summed E-state index contributed by atoms with van der Waals surface area (Å²) in [6, 6.07) is 0. The summed E-state index contributed by atoms with van der Waals surface area (Å²) in [5.74, 6) is -3.73. The predicted molar refractivity (Wildman–Crippen MR) is 67.5 cm³/mol. The Hall–Kier alpha value is -0.910. The third-order valence-corrected chi connectivity index (χ3v) is 4.37. The quantitative estimate of drug-likeness (QED) is 0.774. The van der Waals surface area contributed by atoms with Crippen LogP contribution in [0.15, 0.2) is 0 Å². The van der Waals surface area contributed by atoms with Gasteiger partial charge in [0.2, 0.25) is 0 Å². The van der Waals surface area contributed by atoms with Crippen LogP contribution in [0.4, 0.5) is 13.6 Å². The first kappa shape index (κ1) is 14.5. The molecule has 2 atom stereocenters. The van der Waals surface area contributed by atoms with Gasteiger partial charge in [0.15, 0.2) is 0 Å². The molecule has 2 rings (SSSR count). The number of rotatable bonds is 1. The fourth-order valence-corrected chi connectivity index (χ4v) is 3.71. The van der Waals surface area contributed by atoms with Crippen LogP contribution in [0.5, 0.6) is 0 Å². The van der Waals surface area contributed by atoms with Crippen molar-refractivity contribution in [3.8, 4) is 0 Å². The van der Waals surface area contributed by atoms with Crippen molar-refractivity contribution in [3.05, 3.63) is 0 Å². The number of nitrogens with zero attached hydrogens (tertiary/aromatic N) is 1. The molecule has 2 fully saturated rings. The number of amides is 1. The molecule has 2 unspecified atom stereocenters. The Labute approximate surface area is 112 Å². The zero-order valence-corrected chi connectivity index (χ0v) is 11.7. The van der Waals surface area contributed by atoms with Crippen LogP contribution >= 0.6 is 0 Å². The molecule has 1 amide bonds. The Morgan fingerprint density at radius 3 is 2.58 bits per heavy atom. The minimum Gasteiger partial charge on any atom is -0.465 e. The van der Waals surface area contributed by atoms with E-state index in [1.807, 2.05) is 0 Å². The van der Waals surface area contributed by atoms with E-state index < -0.39 is 29.0 Å². The highest BCUT2D eigenvalue weighted by atomic mass is 19.3. The van der Waals surface area contributed by atoms with Gasteiger partial charge in [-0.05, 0) is 33.6 Å². The van der Waals surface area contributed by atoms with Crippen molar-refractivity contribution >= 4 is 6.09 Å². The van der Waals surface area contributed by atoms with E-state index in [9.17, 15) is 18.7 Å². The molecule has 2 bridgehead atoms. The molecule has 6 heteroatoms. The molecular formula is C13H22F2N2O2. The summed E-state index contributed by atoms with van der Waals surface area (Å²) in [4.78, 5) is 12.6. The maximum Gasteiger partial charge on any atom is 0.408 e. The molecule has 0 aromatic rings. The van der Waals surface area contributed by atoms with Gasteiger partial charge in [-0.3, -0.25) is 4.90 Å². The summed E-state index contributed by atoms with van der Waals surface area (Å²) in [5, 5.41) is 12.5. The predicted octanol–water partition coefficient (Wildman–Crippen LogP) is 2.54. The Bertz CT molecular complexity index is 369. The third kappa shape index (κ3) is 2.00. The van der Waals surface area contributed by atoms with Crippen molar-refractivity contribution in [2.75, 3.05) is 13.1 Å². The molecule has 0 spiro atoms. The van der Waals surface area contributed by atoms with Crippen molar-refractivity contribution in [3.63, 3.8) is 0 Å². The Kier molecular flexibility index (Phi) is 3.28. The Balaban J connectivity index is 2.50. The van der Waals surface area contributed by atoms with E-state index in [1.54, 1.807) is 20.8 Å². The maximum atomic E-state index is 14.8. The summed E-state index contributed by atoms with van der Waals surface area (Å²) in [5.41, 5.74) is -2.46. The molecule has 1 saturated carbocycles. The van der Waals surface area contributed by atoms with Crippen molar-refractivity contribution < 1.29 is 18.7 Å². The highest BCUT2D eigenvalue weighted by molar-refractivity contribution is 5.68. The van der Waals surface area contributed by atoms with Gasteiger partial charge in [-0.1, -0.05) is 6.42 Å². The average molecular weight is 276 g/mol. The van der Waals surface area contributed by atoms with Gasteiger partial charge >= 0.3 is 6.09 Å². The van der Waals surface area contributed by atoms with Crippen molar-refractivity contribution in [1.82, 2.24) is 10.2 Å². The first-order chi connectivity index (χ1) is 8.63. The number of piperidine rings is 1. The van der Waals surface area contributed by atoms with E-state index in [1.165, 1.54) is 0 Å². The lowest BCUT2D eigenvalue weighted by Gasteiger charge is -2.58. The van der Waals surface area contributed by atoms with E-state index in [4.69, 9.17) is 0 Å². The van der Waals surface area contributed by atoms with Crippen LogP contribution in [0.3, 0.4) is 0 Å². The molecule has 0 aromatic heterocycles. The highest BCUT2D eigenvalue weighted by Gasteiger charge is 2.67. The molecule has 1 aliphatic heterocycles. The number of nitrogens with one attached hydrogen (secondary N) is 1. The fourth-order valence-electron chi connectivity index (χ4n) is 3.71. The van der Waals surface area contributed by atoms with E-state index in [0.717, 1.165) is 4.90 Å². The number of hydrogen-bond acceptors (Lipinski definition) is 2. The smallest absolute Gasteiger partial charge is 0.408 e. The molecule has 2 N–H and O–H groups in total. The topological polar surface area (TPSA) is 52.6 Å². The maximum absolute atomic E-state index is 14.8. The first-order valence-electron chi connectivity index (χ1n) is 6.75. The molecular weight excluding hydrogens is 254 g/mol. The van der Waals surface area contributed by atoms with Gasteiger partial charge in [-0.2, -0.15) is 0 Å². The van der Waals surface area contributed by atoms with Crippen LogP contribution < -0.4 is 5.32 Å². The van der Waals surface area contributed by atoms with Crippen LogP contribution in [0.25, 0.3) is 0 Å². The number of fused-ring (bicyclic) bond motifs is 2. The zero-order chi connectivity index (χ0) is 14.5. The van der Waals surface area contributed by atoms with Gasteiger partial charge in [-0.25, -0.2) is 13.6 Å². The van der Waals surface area contributed by atoms with Gasteiger partial charge in [-0.15, -0.1) is 0 Å². The Morgan fingerprint density at radius 2 is 2.05 bits per heavy atom. The van der Waals surface area contributed by atoms with Crippen molar-refractivity contribution in [2.45, 2.75) is 57.0 Å². The second-order valence-electron chi connectivity index (χ2n) is 6.66. The molecule has 19 heavy (non-hydrogen) atoms. The minimum atomic E-state index is -2.97. The molecule has 1 saturated heterocycles. The number of alkyl halides is 2. The SMILES string of the molecule is CC(C)(C)N(C(=O)O)C12CCCC(CNC1)C2(F)F. The molecule has 4 nitrogen and oxygen atoms in total. The first-order valence-corrected chi connectivity index (χ1v) is 6.75. The summed E-state index contributed by atoms with van der Waals surface area (Å²) in [7, 11) is 0. The van der Waals surface area contributed by atoms with Crippen molar-refractivity contribution in [1.29, 1.82) is 0 Å².